The van der Waals surface area contributed by atoms with Crippen LogP contribution in [0, 0.1) is 21.4 Å². The first-order chi connectivity index (χ1) is 10.1. The molecule has 1 aromatic carbocycles. The Bertz CT molecular complexity index is 563. The number of nitrogens with one attached hydrogen (secondary N) is 1. The molecular formula is C15H19N3O2S. The van der Waals surface area contributed by atoms with Crippen LogP contribution in [-0.2, 0) is 0 Å². The van der Waals surface area contributed by atoms with Crippen LogP contribution < -0.4 is 5.32 Å². The first kappa shape index (κ1) is 15.6. The van der Waals surface area contributed by atoms with Gasteiger partial charge >= 0.3 is 0 Å². The second kappa shape index (κ2) is 6.81. The lowest BCUT2D eigenvalue weighted by Crippen LogP contribution is -2.35. The van der Waals surface area contributed by atoms with Gasteiger partial charge in [0.25, 0.3) is 5.69 Å². The highest BCUT2D eigenvalue weighted by molar-refractivity contribution is 8.00. The van der Waals surface area contributed by atoms with E-state index in [4.69, 9.17) is 5.26 Å². The number of anilines is 1. The molecule has 6 heteroatoms. The summed E-state index contributed by atoms with van der Waals surface area (Å²) in [5.74, 6) is 0. The average Bonchev–Trinajstić information content (AvgIpc) is 2.53. The molecule has 0 unspecified atom stereocenters. The fourth-order valence-electron chi connectivity index (χ4n) is 2.81. The van der Waals surface area contributed by atoms with Crippen molar-refractivity contribution in [2.24, 2.45) is 0 Å². The third-order valence-electron chi connectivity index (χ3n) is 4.13. The average molecular weight is 305 g/mol. The number of nitrogens with zero attached hydrogens (tertiary/aromatic N) is 2. The van der Waals surface area contributed by atoms with E-state index >= 15 is 0 Å². The maximum Gasteiger partial charge on any atom is 0.287 e. The van der Waals surface area contributed by atoms with Gasteiger partial charge in [0.2, 0.25) is 0 Å². The Morgan fingerprint density at radius 3 is 2.71 bits per heavy atom. The van der Waals surface area contributed by atoms with Crippen molar-refractivity contribution in [3.8, 4) is 6.07 Å². The molecule has 1 N–H and O–H groups in total. The third kappa shape index (κ3) is 3.67. The fourth-order valence-corrected chi connectivity index (χ4v) is 3.72. The zero-order valence-corrected chi connectivity index (χ0v) is 12.9. The molecule has 0 atom stereocenters. The Balaban J connectivity index is 2.09. The normalized spacial score (nSPS) is 17.0. The second-order valence-electron chi connectivity index (χ2n) is 5.40. The van der Waals surface area contributed by atoms with Crippen molar-refractivity contribution >= 4 is 23.1 Å². The molecule has 112 valence electrons. The maximum absolute atomic E-state index is 10.8. The molecule has 0 saturated heterocycles. The lowest BCUT2D eigenvalue weighted by atomic mass is 9.88. The quantitative estimate of drug-likeness (QED) is 0.658. The molecule has 2 rings (SSSR count). The second-order valence-corrected chi connectivity index (χ2v) is 6.68. The van der Waals surface area contributed by atoms with Gasteiger partial charge < -0.3 is 5.32 Å². The van der Waals surface area contributed by atoms with Crippen molar-refractivity contribution in [3.05, 3.63) is 33.9 Å². The molecule has 0 heterocycles. The van der Waals surface area contributed by atoms with Crippen molar-refractivity contribution in [2.75, 3.05) is 18.1 Å². The number of hydrogen-bond donors (Lipinski definition) is 1. The zero-order valence-electron chi connectivity index (χ0n) is 12.1. The van der Waals surface area contributed by atoms with E-state index in [0.717, 1.165) is 12.2 Å². The highest BCUT2D eigenvalue weighted by Gasteiger charge is 2.30. The molecule has 0 aliphatic heterocycles. The summed E-state index contributed by atoms with van der Waals surface area (Å²) >= 11 is 1.89. The van der Waals surface area contributed by atoms with Gasteiger partial charge in [-0.25, -0.2) is 0 Å². The highest BCUT2D eigenvalue weighted by Crippen LogP contribution is 2.38. The summed E-state index contributed by atoms with van der Waals surface area (Å²) in [6.45, 7) is 0.830. The van der Waals surface area contributed by atoms with Gasteiger partial charge in [-0.05, 0) is 31.2 Å². The Morgan fingerprint density at radius 2 is 2.14 bits per heavy atom. The van der Waals surface area contributed by atoms with Gasteiger partial charge in [0.1, 0.15) is 11.6 Å². The molecule has 1 aliphatic carbocycles. The summed E-state index contributed by atoms with van der Waals surface area (Å²) in [5, 5.41) is 23.2. The summed E-state index contributed by atoms with van der Waals surface area (Å²) in [4.78, 5) is 10.3. The molecule has 0 spiro atoms. The highest BCUT2D eigenvalue weighted by atomic mass is 32.2. The monoisotopic (exact) mass is 305 g/mol. The first-order valence-corrected chi connectivity index (χ1v) is 8.30. The summed E-state index contributed by atoms with van der Waals surface area (Å²) in [7, 11) is 0. The number of rotatable bonds is 5. The molecule has 0 amide bonds. The molecule has 0 aromatic heterocycles. The molecule has 1 fully saturated rings. The van der Waals surface area contributed by atoms with Crippen LogP contribution in [0.3, 0.4) is 0 Å². The number of thioether (sulfide) groups is 1. The van der Waals surface area contributed by atoms with E-state index in [2.05, 4.69) is 11.6 Å². The van der Waals surface area contributed by atoms with Crippen LogP contribution in [0.15, 0.2) is 18.2 Å². The van der Waals surface area contributed by atoms with Crippen molar-refractivity contribution < 1.29 is 4.92 Å². The van der Waals surface area contributed by atoms with E-state index in [-0.39, 0.29) is 16.0 Å². The van der Waals surface area contributed by atoms with Gasteiger partial charge in [0.05, 0.1) is 4.92 Å². The summed E-state index contributed by atoms with van der Waals surface area (Å²) in [6, 6.07) is 6.53. The van der Waals surface area contributed by atoms with Gasteiger partial charge in [0.15, 0.2) is 0 Å². The lowest BCUT2D eigenvalue weighted by molar-refractivity contribution is -0.385. The first-order valence-electron chi connectivity index (χ1n) is 7.08. The number of nitro benzene ring substituents is 1. The van der Waals surface area contributed by atoms with Gasteiger partial charge in [0, 0.05) is 23.0 Å². The minimum atomic E-state index is -0.521. The standard InChI is InChI=1S/C15H19N3O2S/c1-21-15(7-3-2-4-8-15)11-17-13-5-6-14(18(19)20)12(9-13)10-16/h5-6,9,17H,2-4,7-8,11H2,1H3. The molecule has 1 aromatic rings. The van der Waals surface area contributed by atoms with E-state index in [0.29, 0.717) is 0 Å². The van der Waals surface area contributed by atoms with Crippen molar-refractivity contribution in [1.29, 1.82) is 5.26 Å². The Kier molecular flexibility index (Phi) is 5.07. The van der Waals surface area contributed by atoms with Crippen LogP contribution in [0.2, 0.25) is 0 Å². The smallest absolute Gasteiger partial charge is 0.287 e. The summed E-state index contributed by atoms with van der Waals surface area (Å²) in [5.41, 5.74) is 0.739. The Hall–Kier alpha value is -1.74. The van der Waals surface area contributed by atoms with E-state index in [1.165, 1.54) is 38.2 Å². The molecule has 0 radical (unpaired) electrons. The van der Waals surface area contributed by atoms with Crippen LogP contribution in [0.4, 0.5) is 11.4 Å². The van der Waals surface area contributed by atoms with E-state index in [9.17, 15) is 10.1 Å². The minimum absolute atomic E-state index is 0.104. The van der Waals surface area contributed by atoms with Gasteiger partial charge in [-0.15, -0.1) is 0 Å². The van der Waals surface area contributed by atoms with Crippen LogP contribution in [0.1, 0.15) is 37.7 Å². The zero-order chi connectivity index (χ0) is 15.3. The molecule has 21 heavy (non-hydrogen) atoms. The van der Waals surface area contributed by atoms with Gasteiger partial charge in [-0.1, -0.05) is 19.3 Å². The molecule has 0 bridgehead atoms. The maximum atomic E-state index is 10.8. The molecular weight excluding hydrogens is 286 g/mol. The third-order valence-corrected chi connectivity index (χ3v) is 5.54. The number of benzene rings is 1. The van der Waals surface area contributed by atoms with Gasteiger partial charge in [-0.3, -0.25) is 10.1 Å². The van der Waals surface area contributed by atoms with Crippen LogP contribution >= 0.6 is 11.8 Å². The molecule has 1 aliphatic rings. The summed E-state index contributed by atoms with van der Waals surface area (Å²) < 4.78 is 0.243. The van der Waals surface area contributed by atoms with E-state index < -0.39 is 4.92 Å². The van der Waals surface area contributed by atoms with Gasteiger partial charge in [-0.2, -0.15) is 17.0 Å². The predicted octanol–water partition coefficient (Wildman–Crippen LogP) is 3.94. The van der Waals surface area contributed by atoms with Crippen LogP contribution in [0.5, 0.6) is 0 Å². The Morgan fingerprint density at radius 1 is 1.43 bits per heavy atom. The van der Waals surface area contributed by atoms with Crippen LogP contribution in [-0.4, -0.2) is 22.5 Å². The van der Waals surface area contributed by atoms with Crippen molar-refractivity contribution in [2.45, 2.75) is 36.9 Å². The van der Waals surface area contributed by atoms with Crippen LogP contribution in [0.25, 0.3) is 0 Å². The molecule has 1 saturated carbocycles. The minimum Gasteiger partial charge on any atom is -0.384 e. The lowest BCUT2D eigenvalue weighted by Gasteiger charge is -2.36. The molecule has 5 nitrogen and oxygen atoms in total. The number of nitro groups is 1. The van der Waals surface area contributed by atoms with Crippen molar-refractivity contribution in [1.82, 2.24) is 0 Å². The largest absolute Gasteiger partial charge is 0.384 e. The Labute approximate surface area is 128 Å². The summed E-state index contributed by atoms with van der Waals surface area (Å²) in [6.07, 6.45) is 8.35. The predicted molar refractivity (Wildman–Crippen MR) is 85.6 cm³/mol. The van der Waals surface area contributed by atoms with E-state index in [1.54, 1.807) is 12.1 Å². The topological polar surface area (TPSA) is 79.0 Å². The SMILES string of the molecule is CSC1(CNc2ccc([N+](=O)[O-])c(C#N)c2)CCCCC1. The van der Waals surface area contributed by atoms with Crippen molar-refractivity contribution in [3.63, 3.8) is 0 Å². The fraction of sp³-hybridized carbons (Fsp3) is 0.533. The van der Waals surface area contributed by atoms with E-state index in [1.807, 2.05) is 17.8 Å². The number of hydrogen-bond acceptors (Lipinski definition) is 5. The number of nitriles is 1.